The van der Waals surface area contributed by atoms with Crippen molar-refractivity contribution in [1.82, 2.24) is 29.1 Å². The van der Waals surface area contributed by atoms with E-state index in [-0.39, 0.29) is 0 Å². The van der Waals surface area contributed by atoms with E-state index >= 15 is 0 Å². The topological polar surface area (TPSA) is 61.4 Å². The summed E-state index contributed by atoms with van der Waals surface area (Å²) >= 11 is 0. The van der Waals surface area contributed by atoms with E-state index in [4.69, 9.17) is 19.9 Å². The summed E-state index contributed by atoms with van der Waals surface area (Å²) in [4.78, 5) is 19.9. The molecule has 0 bridgehead atoms. The van der Waals surface area contributed by atoms with Gasteiger partial charge in [0.2, 0.25) is 0 Å². The van der Waals surface area contributed by atoms with Crippen LogP contribution in [-0.4, -0.2) is 29.1 Å². The van der Waals surface area contributed by atoms with Gasteiger partial charge in [-0.3, -0.25) is 4.57 Å². The molecule has 6 heteroatoms. The zero-order valence-electron chi connectivity index (χ0n) is 27.8. The first kappa shape index (κ1) is 28.6. The van der Waals surface area contributed by atoms with Crippen molar-refractivity contribution in [3.8, 4) is 45.7 Å². The second kappa shape index (κ2) is 11.2. The van der Waals surface area contributed by atoms with Crippen LogP contribution >= 0.6 is 0 Å². The minimum Gasteiger partial charge on any atom is -0.308 e. The Morgan fingerprint density at radius 1 is 0.385 bits per heavy atom. The number of fused-ring (bicyclic) bond motifs is 4. The molecule has 0 aliphatic carbocycles. The van der Waals surface area contributed by atoms with Crippen LogP contribution in [-0.2, 0) is 0 Å². The quantitative estimate of drug-likeness (QED) is 0.172. The highest BCUT2D eigenvalue weighted by atomic mass is 15.1. The smallest absolute Gasteiger partial charge is 0.164 e. The van der Waals surface area contributed by atoms with Crippen LogP contribution in [0.15, 0.2) is 170 Å². The molecular formula is C46H28N6. The zero-order chi connectivity index (χ0) is 34.2. The van der Waals surface area contributed by atoms with Gasteiger partial charge >= 0.3 is 0 Å². The molecule has 0 aliphatic rings. The highest BCUT2D eigenvalue weighted by Crippen LogP contribution is 2.46. The highest BCUT2D eigenvalue weighted by Gasteiger charge is 2.24. The van der Waals surface area contributed by atoms with Gasteiger partial charge in [-0.05, 0) is 53.2 Å². The molecule has 0 saturated heterocycles. The molecule has 242 valence electrons. The summed E-state index contributed by atoms with van der Waals surface area (Å²) in [5.74, 6) is 2.80. The lowest BCUT2D eigenvalue weighted by Crippen LogP contribution is -2.01. The van der Waals surface area contributed by atoms with Crippen molar-refractivity contribution in [2.24, 2.45) is 0 Å². The standard InChI is InChI=1S/C46H28N6/c1-3-13-30(14-4-1)44-48-45(31-15-5-2-6-16-31)50-46(49-44)33-18-11-19-34(27-33)51-37-22-12-17-29-24-25-32-28-38-42(43(51)41(32)40(29)37)35-20-7-8-21-36(35)52(38)39-23-9-10-26-47-39/h1-28H. The average Bonchev–Trinajstić information content (AvgIpc) is 3.74. The second-order valence-electron chi connectivity index (χ2n) is 13.1. The maximum atomic E-state index is 5.06. The number of nitrogens with zero attached hydrogens (tertiary/aromatic N) is 6. The molecule has 0 unspecified atom stereocenters. The van der Waals surface area contributed by atoms with Crippen molar-refractivity contribution in [3.05, 3.63) is 170 Å². The molecular weight excluding hydrogens is 637 g/mol. The fourth-order valence-electron chi connectivity index (χ4n) is 7.92. The molecule has 4 aromatic heterocycles. The predicted octanol–water partition coefficient (Wildman–Crippen LogP) is 11.1. The van der Waals surface area contributed by atoms with E-state index in [9.17, 15) is 0 Å². The average molecular weight is 665 g/mol. The number of hydrogen-bond acceptors (Lipinski definition) is 4. The second-order valence-corrected chi connectivity index (χ2v) is 13.1. The van der Waals surface area contributed by atoms with Gasteiger partial charge in [0.05, 0.1) is 22.1 Å². The van der Waals surface area contributed by atoms with Crippen LogP contribution in [0.1, 0.15) is 0 Å². The molecule has 52 heavy (non-hydrogen) atoms. The lowest BCUT2D eigenvalue weighted by molar-refractivity contribution is 1.07. The lowest BCUT2D eigenvalue weighted by atomic mass is 9.99. The summed E-state index contributed by atoms with van der Waals surface area (Å²) in [5.41, 5.74) is 8.41. The van der Waals surface area contributed by atoms with Crippen LogP contribution in [0, 0.1) is 0 Å². The first-order valence-electron chi connectivity index (χ1n) is 17.4. The molecule has 0 spiro atoms. The minimum absolute atomic E-state index is 0.625. The van der Waals surface area contributed by atoms with Crippen molar-refractivity contribution in [2.75, 3.05) is 0 Å². The summed E-state index contributed by atoms with van der Waals surface area (Å²) in [6.45, 7) is 0. The fourth-order valence-corrected chi connectivity index (χ4v) is 7.92. The third kappa shape index (κ3) is 4.25. The molecule has 0 amide bonds. The van der Waals surface area contributed by atoms with Gasteiger partial charge in [0.25, 0.3) is 0 Å². The van der Waals surface area contributed by atoms with Crippen LogP contribution < -0.4 is 0 Å². The number of pyridine rings is 1. The van der Waals surface area contributed by atoms with E-state index in [0.717, 1.165) is 44.7 Å². The molecule has 11 aromatic rings. The van der Waals surface area contributed by atoms with Crippen molar-refractivity contribution in [1.29, 1.82) is 0 Å². The van der Waals surface area contributed by atoms with E-state index in [1.165, 1.54) is 37.8 Å². The molecule has 0 atom stereocenters. The van der Waals surface area contributed by atoms with E-state index in [2.05, 4.69) is 100 Å². The molecule has 0 fully saturated rings. The molecule has 7 aromatic carbocycles. The zero-order valence-corrected chi connectivity index (χ0v) is 27.8. The van der Waals surface area contributed by atoms with Gasteiger partial charge in [-0.25, -0.2) is 19.9 Å². The highest BCUT2D eigenvalue weighted by molar-refractivity contribution is 6.33. The number of rotatable bonds is 5. The fraction of sp³-hybridized carbons (Fsp3) is 0. The molecule has 11 rings (SSSR count). The molecule has 0 N–H and O–H groups in total. The van der Waals surface area contributed by atoms with Gasteiger partial charge in [-0.1, -0.05) is 121 Å². The first-order chi connectivity index (χ1) is 25.8. The number of aromatic nitrogens is 6. The summed E-state index contributed by atoms with van der Waals surface area (Å²) in [6, 6.07) is 57.0. The Labute approximate surface area is 298 Å². The van der Waals surface area contributed by atoms with Crippen LogP contribution in [0.3, 0.4) is 0 Å². The van der Waals surface area contributed by atoms with Crippen molar-refractivity contribution in [2.45, 2.75) is 0 Å². The van der Waals surface area contributed by atoms with E-state index < -0.39 is 0 Å². The van der Waals surface area contributed by atoms with Crippen LogP contribution in [0.25, 0.3) is 100 Å². The SMILES string of the molecule is c1ccc(-c2nc(-c3ccccc3)nc(-c3cccc(-n4c5cccc6ccc7cc8c(c9ccccc9n8-c8ccccn8)c4c7c65)c3)n2)cc1. The molecule has 0 radical (unpaired) electrons. The number of benzene rings is 7. The summed E-state index contributed by atoms with van der Waals surface area (Å²) < 4.78 is 4.73. The van der Waals surface area contributed by atoms with Gasteiger partial charge in [-0.15, -0.1) is 0 Å². The largest absolute Gasteiger partial charge is 0.308 e. The Kier molecular flexibility index (Phi) is 6.15. The monoisotopic (exact) mass is 664 g/mol. The van der Waals surface area contributed by atoms with Gasteiger partial charge in [-0.2, -0.15) is 0 Å². The molecule has 0 aliphatic heterocycles. The number of para-hydroxylation sites is 1. The van der Waals surface area contributed by atoms with E-state index in [1.807, 2.05) is 79.0 Å². The predicted molar refractivity (Wildman–Crippen MR) is 211 cm³/mol. The minimum atomic E-state index is 0.625. The Morgan fingerprint density at radius 2 is 1.02 bits per heavy atom. The Morgan fingerprint density at radius 3 is 1.77 bits per heavy atom. The normalized spacial score (nSPS) is 11.8. The third-order valence-electron chi connectivity index (χ3n) is 10.1. The number of hydrogen-bond donors (Lipinski definition) is 0. The first-order valence-corrected chi connectivity index (χ1v) is 17.4. The van der Waals surface area contributed by atoms with Crippen molar-refractivity contribution < 1.29 is 0 Å². The Balaban J connectivity index is 1.22. The van der Waals surface area contributed by atoms with Gasteiger partial charge in [0, 0.05) is 50.1 Å². The van der Waals surface area contributed by atoms with Crippen molar-refractivity contribution >= 4 is 54.4 Å². The van der Waals surface area contributed by atoms with Gasteiger partial charge in [0.15, 0.2) is 17.5 Å². The van der Waals surface area contributed by atoms with E-state index in [1.54, 1.807) is 0 Å². The van der Waals surface area contributed by atoms with Gasteiger partial charge < -0.3 is 4.57 Å². The summed E-state index contributed by atoms with van der Waals surface area (Å²) in [6.07, 6.45) is 1.86. The lowest BCUT2D eigenvalue weighted by Gasteiger charge is -2.12. The maximum Gasteiger partial charge on any atom is 0.164 e. The summed E-state index contributed by atoms with van der Waals surface area (Å²) in [7, 11) is 0. The van der Waals surface area contributed by atoms with E-state index in [0.29, 0.717) is 17.5 Å². The van der Waals surface area contributed by atoms with Crippen molar-refractivity contribution in [3.63, 3.8) is 0 Å². The van der Waals surface area contributed by atoms with Crippen LogP contribution in [0.2, 0.25) is 0 Å². The Bertz CT molecular complexity index is 3050. The summed E-state index contributed by atoms with van der Waals surface area (Å²) in [5, 5.41) is 7.31. The Hall–Kier alpha value is -7.18. The van der Waals surface area contributed by atoms with Crippen LogP contribution in [0.5, 0.6) is 0 Å². The molecule has 4 heterocycles. The van der Waals surface area contributed by atoms with Gasteiger partial charge in [0.1, 0.15) is 5.82 Å². The molecule has 0 saturated carbocycles. The maximum absolute atomic E-state index is 5.06. The molecule has 6 nitrogen and oxygen atoms in total. The van der Waals surface area contributed by atoms with Crippen LogP contribution in [0.4, 0.5) is 0 Å². The third-order valence-corrected chi connectivity index (χ3v) is 10.1.